The molecule has 0 saturated heterocycles. The highest BCUT2D eigenvalue weighted by atomic mass is 16.5. The fraction of sp³-hybridized carbons (Fsp3) is 0.933. The normalized spacial score (nSPS) is 19.9. The molecule has 3 N–H and O–H groups in total. The first kappa shape index (κ1) is 17.4. The molecule has 0 bridgehead atoms. The number of carbonyl (C=O) groups is 1. The molecule has 1 atom stereocenters. The van der Waals surface area contributed by atoms with Crippen LogP contribution in [0.4, 0.5) is 0 Å². The van der Waals surface area contributed by atoms with Crippen LogP contribution in [0.1, 0.15) is 46.0 Å². The Morgan fingerprint density at radius 2 is 2.05 bits per heavy atom. The van der Waals surface area contributed by atoms with Crippen molar-refractivity contribution in [1.82, 2.24) is 10.2 Å². The lowest BCUT2D eigenvalue weighted by atomic mass is 9.80. The summed E-state index contributed by atoms with van der Waals surface area (Å²) in [5.41, 5.74) is 6.07. The van der Waals surface area contributed by atoms with E-state index in [0.717, 1.165) is 19.4 Å². The van der Waals surface area contributed by atoms with Gasteiger partial charge in [0, 0.05) is 25.2 Å². The van der Waals surface area contributed by atoms with Crippen LogP contribution < -0.4 is 11.1 Å². The van der Waals surface area contributed by atoms with Gasteiger partial charge in [-0.25, -0.2) is 0 Å². The first-order valence-corrected chi connectivity index (χ1v) is 7.81. The summed E-state index contributed by atoms with van der Waals surface area (Å²) in [6.45, 7) is 6.54. The highest BCUT2D eigenvalue weighted by Gasteiger charge is 2.36. The SMILES string of the molecule is CCN(CC(=O)NC(C)COC)C1(CN)CCCCC1. The Labute approximate surface area is 123 Å². The lowest BCUT2D eigenvalue weighted by molar-refractivity contribution is -0.125. The molecule has 0 aromatic carbocycles. The minimum atomic E-state index is 0.0227. The van der Waals surface area contributed by atoms with Gasteiger partial charge in [-0.1, -0.05) is 26.2 Å². The van der Waals surface area contributed by atoms with Crippen LogP contribution in [-0.2, 0) is 9.53 Å². The number of amides is 1. The van der Waals surface area contributed by atoms with Crippen molar-refractivity contribution in [3.63, 3.8) is 0 Å². The number of nitrogens with one attached hydrogen (secondary N) is 1. The van der Waals surface area contributed by atoms with Gasteiger partial charge in [-0.2, -0.15) is 0 Å². The molecule has 1 saturated carbocycles. The van der Waals surface area contributed by atoms with Gasteiger partial charge in [0.05, 0.1) is 13.2 Å². The highest BCUT2D eigenvalue weighted by molar-refractivity contribution is 5.78. The van der Waals surface area contributed by atoms with Crippen molar-refractivity contribution in [1.29, 1.82) is 0 Å². The average molecular weight is 285 g/mol. The number of hydrogen-bond acceptors (Lipinski definition) is 4. The smallest absolute Gasteiger partial charge is 0.234 e. The summed E-state index contributed by atoms with van der Waals surface area (Å²) < 4.78 is 5.04. The summed E-state index contributed by atoms with van der Waals surface area (Å²) in [7, 11) is 1.65. The Kier molecular flexibility index (Phi) is 7.48. The van der Waals surface area contributed by atoms with E-state index in [4.69, 9.17) is 10.5 Å². The molecule has 1 aliphatic rings. The molecule has 0 aromatic rings. The Morgan fingerprint density at radius 1 is 1.40 bits per heavy atom. The molecule has 0 radical (unpaired) electrons. The zero-order valence-electron chi connectivity index (χ0n) is 13.3. The van der Waals surface area contributed by atoms with E-state index in [9.17, 15) is 4.79 Å². The van der Waals surface area contributed by atoms with Crippen LogP contribution in [0, 0.1) is 0 Å². The van der Waals surface area contributed by atoms with E-state index in [0.29, 0.717) is 19.7 Å². The lowest BCUT2D eigenvalue weighted by Crippen LogP contribution is -2.57. The second kappa shape index (κ2) is 8.60. The number of hydrogen-bond donors (Lipinski definition) is 2. The molecule has 1 rings (SSSR count). The fourth-order valence-electron chi connectivity index (χ4n) is 3.26. The third-order valence-electron chi connectivity index (χ3n) is 4.38. The van der Waals surface area contributed by atoms with Crippen LogP contribution in [0.2, 0.25) is 0 Å². The molecule has 20 heavy (non-hydrogen) atoms. The van der Waals surface area contributed by atoms with Gasteiger partial charge in [0.15, 0.2) is 0 Å². The fourth-order valence-corrected chi connectivity index (χ4v) is 3.26. The third kappa shape index (κ3) is 4.72. The van der Waals surface area contributed by atoms with E-state index in [-0.39, 0.29) is 17.5 Å². The zero-order valence-corrected chi connectivity index (χ0v) is 13.3. The number of methoxy groups -OCH3 is 1. The summed E-state index contributed by atoms with van der Waals surface area (Å²) in [6.07, 6.45) is 5.94. The minimum Gasteiger partial charge on any atom is -0.383 e. The van der Waals surface area contributed by atoms with Crippen LogP contribution in [0.5, 0.6) is 0 Å². The Morgan fingerprint density at radius 3 is 2.55 bits per heavy atom. The van der Waals surface area contributed by atoms with Crippen LogP contribution in [0.25, 0.3) is 0 Å². The van der Waals surface area contributed by atoms with Crippen molar-refractivity contribution in [2.45, 2.75) is 57.5 Å². The molecule has 1 unspecified atom stereocenters. The van der Waals surface area contributed by atoms with Crippen molar-refractivity contribution in [2.75, 3.05) is 33.4 Å². The monoisotopic (exact) mass is 285 g/mol. The molecule has 1 amide bonds. The number of ether oxygens (including phenoxy) is 1. The number of carbonyl (C=O) groups excluding carboxylic acids is 1. The van der Waals surface area contributed by atoms with Crippen LogP contribution in [0.3, 0.4) is 0 Å². The molecule has 1 fully saturated rings. The highest BCUT2D eigenvalue weighted by Crippen LogP contribution is 2.32. The van der Waals surface area contributed by atoms with E-state index < -0.39 is 0 Å². The largest absolute Gasteiger partial charge is 0.383 e. The first-order chi connectivity index (χ1) is 9.57. The van der Waals surface area contributed by atoms with E-state index in [2.05, 4.69) is 17.1 Å². The van der Waals surface area contributed by atoms with Gasteiger partial charge in [-0.15, -0.1) is 0 Å². The molecule has 118 valence electrons. The second-order valence-electron chi connectivity index (χ2n) is 5.93. The summed E-state index contributed by atoms with van der Waals surface area (Å²) >= 11 is 0. The number of likely N-dealkylation sites (N-methyl/N-ethyl adjacent to an activating group) is 1. The molecule has 0 spiro atoms. The van der Waals surface area contributed by atoms with E-state index in [1.165, 1.54) is 19.3 Å². The molecule has 5 heteroatoms. The van der Waals surface area contributed by atoms with Crippen molar-refractivity contribution >= 4 is 5.91 Å². The predicted molar refractivity (Wildman–Crippen MR) is 81.6 cm³/mol. The van der Waals surface area contributed by atoms with Crippen LogP contribution in [-0.4, -0.2) is 55.7 Å². The molecule has 0 heterocycles. The van der Waals surface area contributed by atoms with Gasteiger partial charge in [-0.05, 0) is 26.3 Å². The van der Waals surface area contributed by atoms with Gasteiger partial charge in [-0.3, -0.25) is 9.69 Å². The molecule has 0 aliphatic heterocycles. The van der Waals surface area contributed by atoms with Crippen LogP contribution >= 0.6 is 0 Å². The van der Waals surface area contributed by atoms with Crippen molar-refractivity contribution in [3.05, 3.63) is 0 Å². The number of rotatable bonds is 8. The van der Waals surface area contributed by atoms with Crippen molar-refractivity contribution in [3.8, 4) is 0 Å². The number of nitrogens with two attached hydrogens (primary N) is 1. The van der Waals surface area contributed by atoms with Gasteiger partial charge < -0.3 is 15.8 Å². The summed E-state index contributed by atoms with van der Waals surface area (Å²) in [5.74, 6) is 0.0646. The van der Waals surface area contributed by atoms with E-state index >= 15 is 0 Å². The van der Waals surface area contributed by atoms with Gasteiger partial charge >= 0.3 is 0 Å². The lowest BCUT2D eigenvalue weighted by Gasteiger charge is -2.45. The van der Waals surface area contributed by atoms with Crippen molar-refractivity contribution in [2.24, 2.45) is 5.73 Å². The maximum Gasteiger partial charge on any atom is 0.234 e. The Balaban J connectivity index is 2.58. The van der Waals surface area contributed by atoms with Gasteiger partial charge in [0.1, 0.15) is 0 Å². The van der Waals surface area contributed by atoms with Gasteiger partial charge in [0.2, 0.25) is 5.91 Å². The van der Waals surface area contributed by atoms with E-state index in [1.54, 1.807) is 7.11 Å². The summed E-state index contributed by atoms with van der Waals surface area (Å²) in [4.78, 5) is 14.4. The maximum atomic E-state index is 12.1. The Hall–Kier alpha value is -0.650. The summed E-state index contributed by atoms with van der Waals surface area (Å²) in [6, 6.07) is 0.0476. The molecule has 0 aromatic heterocycles. The van der Waals surface area contributed by atoms with Crippen LogP contribution in [0.15, 0.2) is 0 Å². The summed E-state index contributed by atoms with van der Waals surface area (Å²) in [5, 5.41) is 2.98. The van der Waals surface area contributed by atoms with Crippen molar-refractivity contribution < 1.29 is 9.53 Å². The molecular weight excluding hydrogens is 254 g/mol. The minimum absolute atomic E-state index is 0.0227. The predicted octanol–water partition coefficient (Wildman–Crippen LogP) is 1.12. The average Bonchev–Trinajstić information content (AvgIpc) is 2.45. The topological polar surface area (TPSA) is 67.6 Å². The second-order valence-corrected chi connectivity index (χ2v) is 5.93. The standard InChI is InChI=1S/C15H31N3O2/c1-4-18(10-14(19)17-13(2)11-20-3)15(12-16)8-6-5-7-9-15/h13H,4-12,16H2,1-3H3,(H,17,19). The molecular formula is C15H31N3O2. The quantitative estimate of drug-likeness (QED) is 0.701. The van der Waals surface area contributed by atoms with Gasteiger partial charge in [0.25, 0.3) is 0 Å². The first-order valence-electron chi connectivity index (χ1n) is 7.81. The number of nitrogens with zero attached hydrogens (tertiary/aromatic N) is 1. The third-order valence-corrected chi connectivity index (χ3v) is 4.38. The van der Waals surface area contributed by atoms with E-state index in [1.807, 2.05) is 6.92 Å². The molecule has 1 aliphatic carbocycles. The molecule has 5 nitrogen and oxygen atoms in total. The maximum absolute atomic E-state index is 12.1. The Bertz CT molecular complexity index is 291. The zero-order chi connectivity index (χ0) is 15.0.